The maximum Gasteiger partial charge on any atom is 0.244 e. The molecule has 1 heterocycles. The van der Waals surface area contributed by atoms with Crippen LogP contribution in [0.1, 0.15) is 33.1 Å². The maximum atomic E-state index is 12.4. The number of hydrogen-bond donors (Lipinski definition) is 3. The highest BCUT2D eigenvalue weighted by Gasteiger charge is 2.38. The zero-order chi connectivity index (χ0) is 14.6. The Morgan fingerprint density at radius 2 is 1.76 bits per heavy atom. The summed E-state index contributed by atoms with van der Waals surface area (Å²) < 4.78 is 0. The average molecular weight is 312 g/mol. The molecule has 5 nitrogen and oxygen atoms in total. The van der Waals surface area contributed by atoms with Gasteiger partial charge in [-0.05, 0) is 50.1 Å². The Balaban J connectivity index is 0.00000220. The second kappa shape index (κ2) is 7.43. The zero-order valence-electron chi connectivity index (χ0n) is 12.4. The van der Waals surface area contributed by atoms with E-state index in [9.17, 15) is 9.59 Å². The van der Waals surface area contributed by atoms with E-state index in [1.165, 1.54) is 6.92 Å². The predicted molar refractivity (Wildman–Crippen MR) is 86.9 cm³/mol. The Kier molecular flexibility index (Phi) is 6.18. The quantitative estimate of drug-likeness (QED) is 0.800. The number of hydrogen-bond acceptors (Lipinski definition) is 3. The van der Waals surface area contributed by atoms with Gasteiger partial charge in [-0.2, -0.15) is 0 Å². The highest BCUT2D eigenvalue weighted by Crippen LogP contribution is 2.25. The van der Waals surface area contributed by atoms with Gasteiger partial charge in [0.2, 0.25) is 11.8 Å². The summed E-state index contributed by atoms with van der Waals surface area (Å²) in [5.74, 6) is -0.0911. The van der Waals surface area contributed by atoms with Crippen molar-refractivity contribution < 1.29 is 9.59 Å². The number of amides is 2. The van der Waals surface area contributed by atoms with Crippen LogP contribution in [0.15, 0.2) is 24.3 Å². The molecule has 1 atom stereocenters. The second-order valence-electron chi connectivity index (χ2n) is 5.18. The molecule has 0 radical (unpaired) electrons. The van der Waals surface area contributed by atoms with Crippen LogP contribution < -0.4 is 16.0 Å². The van der Waals surface area contributed by atoms with Crippen LogP contribution in [0, 0.1) is 0 Å². The van der Waals surface area contributed by atoms with Gasteiger partial charge in [-0.1, -0.05) is 6.92 Å². The van der Waals surface area contributed by atoms with Crippen molar-refractivity contribution in [3.8, 4) is 0 Å². The highest BCUT2D eigenvalue weighted by molar-refractivity contribution is 5.98. The molecule has 21 heavy (non-hydrogen) atoms. The Morgan fingerprint density at radius 1 is 1.19 bits per heavy atom. The topological polar surface area (TPSA) is 70.2 Å². The Morgan fingerprint density at radius 3 is 2.19 bits per heavy atom. The van der Waals surface area contributed by atoms with Crippen molar-refractivity contribution in [2.24, 2.45) is 0 Å². The number of halogens is 1. The molecular formula is C15H22ClN3O2. The van der Waals surface area contributed by atoms with E-state index in [-0.39, 0.29) is 24.2 Å². The molecule has 0 aliphatic carbocycles. The van der Waals surface area contributed by atoms with Crippen molar-refractivity contribution in [2.45, 2.75) is 38.6 Å². The Bertz CT molecular complexity index is 496. The lowest BCUT2D eigenvalue weighted by molar-refractivity contribution is -0.122. The first-order valence-corrected chi connectivity index (χ1v) is 7.00. The van der Waals surface area contributed by atoms with Crippen LogP contribution in [0.5, 0.6) is 0 Å². The van der Waals surface area contributed by atoms with Gasteiger partial charge in [0.1, 0.15) is 0 Å². The monoisotopic (exact) mass is 311 g/mol. The summed E-state index contributed by atoms with van der Waals surface area (Å²) in [6.45, 7) is 4.38. The molecule has 0 bridgehead atoms. The molecule has 1 fully saturated rings. The molecule has 0 aromatic heterocycles. The average Bonchev–Trinajstić information content (AvgIpc) is 2.90. The summed E-state index contributed by atoms with van der Waals surface area (Å²) in [6.07, 6.45) is 2.69. The Labute approximate surface area is 131 Å². The van der Waals surface area contributed by atoms with E-state index < -0.39 is 5.54 Å². The van der Waals surface area contributed by atoms with E-state index >= 15 is 0 Å². The molecule has 3 N–H and O–H groups in total. The molecule has 1 aromatic carbocycles. The van der Waals surface area contributed by atoms with Crippen molar-refractivity contribution in [1.29, 1.82) is 0 Å². The summed E-state index contributed by atoms with van der Waals surface area (Å²) in [5, 5.41) is 8.95. The summed E-state index contributed by atoms with van der Waals surface area (Å²) in [6, 6.07) is 7.14. The first-order valence-electron chi connectivity index (χ1n) is 7.00. The third-order valence-electron chi connectivity index (χ3n) is 3.75. The molecule has 6 heteroatoms. The van der Waals surface area contributed by atoms with Gasteiger partial charge in [0, 0.05) is 18.3 Å². The van der Waals surface area contributed by atoms with Gasteiger partial charge in [0.15, 0.2) is 0 Å². The SMILES string of the molecule is CCC1(C(=O)Nc2ccc(NC(C)=O)cc2)CCCN1.Cl. The predicted octanol–water partition coefficient (Wildman–Crippen LogP) is 2.54. The van der Waals surface area contributed by atoms with Gasteiger partial charge < -0.3 is 16.0 Å². The van der Waals surface area contributed by atoms with Crippen molar-refractivity contribution in [1.82, 2.24) is 5.32 Å². The lowest BCUT2D eigenvalue weighted by Crippen LogP contribution is -2.50. The normalized spacial score (nSPS) is 20.5. The van der Waals surface area contributed by atoms with Crippen LogP contribution in [0.4, 0.5) is 11.4 Å². The number of carbonyl (C=O) groups excluding carboxylic acids is 2. The molecule has 116 valence electrons. The number of carbonyl (C=O) groups is 2. The summed E-state index contributed by atoms with van der Waals surface area (Å²) in [5.41, 5.74) is 1.03. The molecule has 0 saturated carbocycles. The molecular weight excluding hydrogens is 290 g/mol. The van der Waals surface area contributed by atoms with Crippen LogP contribution in [0.25, 0.3) is 0 Å². The third-order valence-corrected chi connectivity index (χ3v) is 3.75. The van der Waals surface area contributed by atoms with Gasteiger partial charge >= 0.3 is 0 Å². The van der Waals surface area contributed by atoms with E-state index in [2.05, 4.69) is 16.0 Å². The summed E-state index contributed by atoms with van der Waals surface area (Å²) in [7, 11) is 0. The van der Waals surface area contributed by atoms with Crippen LogP contribution in [-0.4, -0.2) is 23.9 Å². The number of nitrogens with one attached hydrogen (secondary N) is 3. The molecule has 2 amide bonds. The first-order chi connectivity index (χ1) is 9.55. The highest BCUT2D eigenvalue weighted by atomic mass is 35.5. The zero-order valence-corrected chi connectivity index (χ0v) is 13.2. The third kappa shape index (κ3) is 4.19. The smallest absolute Gasteiger partial charge is 0.244 e. The second-order valence-corrected chi connectivity index (χ2v) is 5.18. The van der Waals surface area contributed by atoms with E-state index in [0.29, 0.717) is 0 Å². The van der Waals surface area contributed by atoms with E-state index in [4.69, 9.17) is 0 Å². The van der Waals surface area contributed by atoms with Gasteiger partial charge in [0.25, 0.3) is 0 Å². The molecule has 1 saturated heterocycles. The van der Waals surface area contributed by atoms with Crippen LogP contribution in [0.2, 0.25) is 0 Å². The molecule has 1 aromatic rings. The van der Waals surface area contributed by atoms with Crippen molar-refractivity contribution >= 4 is 35.6 Å². The van der Waals surface area contributed by atoms with Gasteiger partial charge in [-0.25, -0.2) is 0 Å². The van der Waals surface area contributed by atoms with Gasteiger partial charge in [-0.3, -0.25) is 9.59 Å². The minimum Gasteiger partial charge on any atom is -0.326 e. The largest absolute Gasteiger partial charge is 0.326 e. The molecule has 1 aliphatic rings. The number of rotatable bonds is 4. The summed E-state index contributed by atoms with van der Waals surface area (Å²) >= 11 is 0. The molecule has 0 spiro atoms. The summed E-state index contributed by atoms with van der Waals surface area (Å²) in [4.78, 5) is 23.3. The minimum atomic E-state index is -0.434. The van der Waals surface area contributed by atoms with Crippen LogP contribution >= 0.6 is 12.4 Å². The maximum absolute atomic E-state index is 12.4. The molecule has 2 rings (SSSR count). The van der Waals surface area contributed by atoms with E-state index in [1.807, 2.05) is 6.92 Å². The van der Waals surface area contributed by atoms with E-state index in [0.717, 1.165) is 37.2 Å². The van der Waals surface area contributed by atoms with Crippen molar-refractivity contribution in [3.05, 3.63) is 24.3 Å². The number of anilines is 2. The molecule has 1 aliphatic heterocycles. The number of benzene rings is 1. The van der Waals surface area contributed by atoms with E-state index in [1.54, 1.807) is 24.3 Å². The van der Waals surface area contributed by atoms with Gasteiger partial charge in [-0.15, -0.1) is 12.4 Å². The van der Waals surface area contributed by atoms with Crippen molar-refractivity contribution in [2.75, 3.05) is 17.2 Å². The Hall–Kier alpha value is -1.59. The van der Waals surface area contributed by atoms with Gasteiger partial charge in [0.05, 0.1) is 5.54 Å². The fourth-order valence-electron chi connectivity index (χ4n) is 2.55. The fraction of sp³-hybridized carbons (Fsp3) is 0.467. The van der Waals surface area contributed by atoms with Crippen LogP contribution in [0.3, 0.4) is 0 Å². The first kappa shape index (κ1) is 17.5. The fourth-order valence-corrected chi connectivity index (χ4v) is 2.55. The minimum absolute atomic E-state index is 0. The van der Waals surface area contributed by atoms with Crippen molar-refractivity contribution in [3.63, 3.8) is 0 Å². The molecule has 1 unspecified atom stereocenters. The lowest BCUT2D eigenvalue weighted by atomic mass is 9.93. The standard InChI is InChI=1S/C15H21N3O2.ClH/c1-3-15(9-4-10-16-15)14(20)18-13-7-5-12(6-8-13)17-11(2)19;/h5-8,16H,3-4,9-10H2,1-2H3,(H,17,19)(H,18,20);1H. The lowest BCUT2D eigenvalue weighted by Gasteiger charge is -2.26. The van der Waals surface area contributed by atoms with Crippen LogP contribution in [-0.2, 0) is 9.59 Å².